The van der Waals surface area contributed by atoms with E-state index in [-0.39, 0.29) is 0 Å². The minimum absolute atomic E-state index is 0.479. The predicted octanol–water partition coefficient (Wildman–Crippen LogP) is 1.53. The Morgan fingerprint density at radius 3 is 2.38 bits per heavy atom. The van der Waals surface area contributed by atoms with Gasteiger partial charge < -0.3 is 5.32 Å². The van der Waals surface area contributed by atoms with Gasteiger partial charge in [-0.05, 0) is 38.5 Å². The maximum absolute atomic E-state index is 5.52. The fourth-order valence-corrected chi connectivity index (χ4v) is 2.61. The lowest BCUT2D eigenvalue weighted by Gasteiger charge is -2.32. The quantitative estimate of drug-likeness (QED) is 0.295. The van der Waals surface area contributed by atoms with Gasteiger partial charge in [0.05, 0.1) is 6.04 Å². The number of hydrazine groups is 1. The summed E-state index contributed by atoms with van der Waals surface area (Å²) in [6.45, 7) is 2.23. The summed E-state index contributed by atoms with van der Waals surface area (Å²) in [6.07, 6.45) is 9.11. The molecular weight excluding hydrogens is 200 g/mol. The minimum atomic E-state index is 0.479. The van der Waals surface area contributed by atoms with Gasteiger partial charge in [-0.15, -0.1) is 0 Å². The molecule has 1 atom stereocenters. The van der Waals surface area contributed by atoms with Crippen molar-refractivity contribution in [2.45, 2.75) is 64.0 Å². The van der Waals surface area contributed by atoms with E-state index in [2.05, 4.69) is 22.7 Å². The number of hydrogen-bond donors (Lipinski definition) is 3. The van der Waals surface area contributed by atoms with E-state index in [1.54, 1.807) is 0 Å². The summed E-state index contributed by atoms with van der Waals surface area (Å²) in [5.74, 6) is 7.11. The van der Waals surface area contributed by atoms with E-state index >= 15 is 0 Å². The number of aliphatic imine (C=N–C) groups is 1. The van der Waals surface area contributed by atoms with Crippen LogP contribution in [0.3, 0.4) is 0 Å². The van der Waals surface area contributed by atoms with Crippen LogP contribution in [-0.2, 0) is 0 Å². The molecule has 92 valence electrons. The van der Waals surface area contributed by atoms with Crippen molar-refractivity contribution >= 4 is 5.96 Å². The molecule has 2 rings (SSSR count). The van der Waals surface area contributed by atoms with Crippen LogP contribution in [0.15, 0.2) is 4.99 Å². The number of rotatable bonds is 3. The summed E-state index contributed by atoms with van der Waals surface area (Å²) in [5, 5.41) is 3.41. The Bertz CT molecular complexity index is 241. The molecule has 0 aromatic rings. The van der Waals surface area contributed by atoms with Gasteiger partial charge in [0.15, 0.2) is 0 Å². The molecule has 0 amide bonds. The predicted molar refractivity (Wildman–Crippen MR) is 67.0 cm³/mol. The molecule has 16 heavy (non-hydrogen) atoms. The molecule has 0 aliphatic heterocycles. The molecule has 4 heteroatoms. The molecular formula is C12H24N4. The van der Waals surface area contributed by atoms with Crippen molar-refractivity contribution in [3.8, 4) is 0 Å². The molecule has 2 saturated carbocycles. The van der Waals surface area contributed by atoms with E-state index in [4.69, 9.17) is 5.84 Å². The molecule has 4 N–H and O–H groups in total. The van der Waals surface area contributed by atoms with Crippen molar-refractivity contribution in [2.24, 2.45) is 16.8 Å². The van der Waals surface area contributed by atoms with E-state index in [0.29, 0.717) is 12.1 Å². The lowest BCUT2D eigenvalue weighted by Crippen LogP contribution is -2.49. The monoisotopic (exact) mass is 224 g/mol. The first-order chi connectivity index (χ1) is 7.79. The second-order valence-electron chi connectivity index (χ2n) is 5.18. The Balaban J connectivity index is 1.83. The number of guanidine groups is 1. The average molecular weight is 224 g/mol. The number of nitrogens with one attached hydrogen (secondary N) is 2. The van der Waals surface area contributed by atoms with Gasteiger partial charge in [-0.2, -0.15) is 0 Å². The van der Waals surface area contributed by atoms with E-state index in [1.807, 2.05) is 0 Å². The topological polar surface area (TPSA) is 62.4 Å². The van der Waals surface area contributed by atoms with Crippen molar-refractivity contribution in [2.75, 3.05) is 0 Å². The normalized spacial score (nSPS) is 25.2. The summed E-state index contributed by atoms with van der Waals surface area (Å²) < 4.78 is 0. The lowest BCUT2D eigenvalue weighted by atomic mass is 9.80. The van der Waals surface area contributed by atoms with Crippen LogP contribution in [0.25, 0.3) is 0 Å². The SMILES string of the molecule is CC(NC(=NC1CCCC1)NN)C1CCC1. The maximum atomic E-state index is 5.52. The van der Waals surface area contributed by atoms with Crippen molar-refractivity contribution in [1.29, 1.82) is 0 Å². The summed E-state index contributed by atoms with van der Waals surface area (Å²) in [7, 11) is 0. The van der Waals surface area contributed by atoms with Gasteiger partial charge in [0.2, 0.25) is 5.96 Å². The fraction of sp³-hybridized carbons (Fsp3) is 0.917. The Morgan fingerprint density at radius 1 is 1.19 bits per heavy atom. The molecule has 0 aromatic carbocycles. The number of nitrogens with zero attached hydrogens (tertiary/aromatic N) is 1. The van der Waals surface area contributed by atoms with Gasteiger partial charge in [-0.3, -0.25) is 5.43 Å². The Kier molecular flexibility index (Phi) is 4.04. The second kappa shape index (κ2) is 5.53. The van der Waals surface area contributed by atoms with Crippen LogP contribution in [0.5, 0.6) is 0 Å². The van der Waals surface area contributed by atoms with Crippen molar-refractivity contribution in [3.05, 3.63) is 0 Å². The van der Waals surface area contributed by atoms with Gasteiger partial charge in [-0.1, -0.05) is 19.3 Å². The fourth-order valence-electron chi connectivity index (χ4n) is 2.61. The van der Waals surface area contributed by atoms with Crippen LogP contribution < -0.4 is 16.6 Å². The molecule has 2 aliphatic rings. The molecule has 0 bridgehead atoms. The van der Waals surface area contributed by atoms with Crippen LogP contribution in [0, 0.1) is 5.92 Å². The Labute approximate surface area is 98.0 Å². The smallest absolute Gasteiger partial charge is 0.206 e. The molecule has 1 unspecified atom stereocenters. The molecule has 0 heterocycles. The lowest BCUT2D eigenvalue weighted by molar-refractivity contribution is 0.257. The number of nitrogens with two attached hydrogens (primary N) is 1. The summed E-state index contributed by atoms with van der Waals surface area (Å²) in [4.78, 5) is 4.64. The maximum Gasteiger partial charge on any atom is 0.206 e. The highest BCUT2D eigenvalue weighted by Crippen LogP contribution is 2.29. The zero-order valence-electron chi connectivity index (χ0n) is 10.2. The first-order valence-corrected chi connectivity index (χ1v) is 6.60. The zero-order chi connectivity index (χ0) is 11.4. The van der Waals surface area contributed by atoms with Gasteiger partial charge in [-0.25, -0.2) is 10.8 Å². The Hall–Kier alpha value is -0.770. The third-order valence-electron chi connectivity index (χ3n) is 3.99. The van der Waals surface area contributed by atoms with Crippen LogP contribution in [0.4, 0.5) is 0 Å². The van der Waals surface area contributed by atoms with Crippen molar-refractivity contribution < 1.29 is 0 Å². The van der Waals surface area contributed by atoms with Gasteiger partial charge in [0, 0.05) is 6.04 Å². The first kappa shape index (κ1) is 11.7. The molecule has 0 aromatic heterocycles. The molecule has 0 radical (unpaired) electrons. The number of hydrogen-bond acceptors (Lipinski definition) is 2. The highest BCUT2D eigenvalue weighted by atomic mass is 15.3. The highest BCUT2D eigenvalue weighted by Gasteiger charge is 2.24. The molecule has 2 aliphatic carbocycles. The third-order valence-corrected chi connectivity index (χ3v) is 3.99. The van der Waals surface area contributed by atoms with Crippen molar-refractivity contribution in [3.63, 3.8) is 0 Å². The van der Waals surface area contributed by atoms with E-state index in [0.717, 1.165) is 11.9 Å². The summed E-state index contributed by atoms with van der Waals surface area (Å²) in [6, 6.07) is 0.970. The van der Waals surface area contributed by atoms with Crippen LogP contribution in [-0.4, -0.2) is 18.0 Å². The third kappa shape index (κ3) is 2.88. The summed E-state index contributed by atoms with van der Waals surface area (Å²) in [5.41, 5.74) is 2.70. The molecule has 4 nitrogen and oxygen atoms in total. The zero-order valence-corrected chi connectivity index (χ0v) is 10.2. The first-order valence-electron chi connectivity index (χ1n) is 6.60. The van der Waals surface area contributed by atoms with Gasteiger partial charge in [0.1, 0.15) is 0 Å². The van der Waals surface area contributed by atoms with E-state index < -0.39 is 0 Å². The van der Waals surface area contributed by atoms with Crippen LogP contribution >= 0.6 is 0 Å². The highest BCUT2D eigenvalue weighted by molar-refractivity contribution is 5.79. The standard InChI is InChI=1S/C12H24N4/c1-9(10-5-4-6-10)14-12(16-13)15-11-7-2-3-8-11/h9-11H,2-8,13H2,1H3,(H2,14,15,16). The van der Waals surface area contributed by atoms with Crippen molar-refractivity contribution in [1.82, 2.24) is 10.7 Å². The summed E-state index contributed by atoms with van der Waals surface area (Å²) >= 11 is 0. The average Bonchev–Trinajstić information content (AvgIpc) is 2.66. The van der Waals surface area contributed by atoms with Crippen LogP contribution in [0.1, 0.15) is 51.9 Å². The van der Waals surface area contributed by atoms with Gasteiger partial charge in [0.25, 0.3) is 0 Å². The van der Waals surface area contributed by atoms with Gasteiger partial charge >= 0.3 is 0 Å². The largest absolute Gasteiger partial charge is 0.353 e. The Morgan fingerprint density at radius 2 is 1.88 bits per heavy atom. The second-order valence-corrected chi connectivity index (χ2v) is 5.18. The van der Waals surface area contributed by atoms with E-state index in [9.17, 15) is 0 Å². The molecule has 0 saturated heterocycles. The molecule has 0 spiro atoms. The van der Waals surface area contributed by atoms with Crippen LogP contribution in [0.2, 0.25) is 0 Å². The minimum Gasteiger partial charge on any atom is -0.353 e. The molecule has 2 fully saturated rings. The van der Waals surface area contributed by atoms with E-state index in [1.165, 1.54) is 44.9 Å².